The van der Waals surface area contributed by atoms with Gasteiger partial charge in [-0.15, -0.1) is 0 Å². The number of esters is 1. The fourth-order valence-electron chi connectivity index (χ4n) is 2.22. The Kier molecular flexibility index (Phi) is 5.10. The van der Waals surface area contributed by atoms with Crippen LogP contribution in [0.2, 0.25) is 0 Å². The monoisotopic (exact) mass is 295 g/mol. The lowest BCUT2D eigenvalue weighted by atomic mass is 9.98. The number of nitrogens with one attached hydrogen (secondary N) is 1. The van der Waals surface area contributed by atoms with E-state index in [0.29, 0.717) is 34.9 Å². The van der Waals surface area contributed by atoms with Crippen molar-refractivity contribution in [3.63, 3.8) is 0 Å². The highest BCUT2D eigenvalue weighted by Crippen LogP contribution is 2.24. The Morgan fingerprint density at radius 1 is 1.14 bits per heavy atom. The lowest BCUT2D eigenvalue weighted by Gasteiger charge is -2.13. The van der Waals surface area contributed by atoms with Gasteiger partial charge in [0, 0.05) is 11.3 Å². The molecule has 0 aromatic heterocycles. The largest absolute Gasteiger partial charge is 0.422 e. The molecule has 2 aromatic rings. The van der Waals surface area contributed by atoms with Crippen LogP contribution in [0.25, 0.3) is 0 Å². The maximum absolute atomic E-state index is 12.2. The van der Waals surface area contributed by atoms with Crippen molar-refractivity contribution in [2.24, 2.45) is 5.92 Å². The molecule has 1 N–H and O–H groups in total. The molecule has 0 atom stereocenters. The van der Waals surface area contributed by atoms with E-state index in [9.17, 15) is 4.79 Å². The summed E-state index contributed by atoms with van der Waals surface area (Å²) in [4.78, 5) is 12.2. The van der Waals surface area contributed by atoms with Crippen molar-refractivity contribution in [3.05, 3.63) is 65.2 Å². The molecule has 0 spiro atoms. The molecule has 3 nitrogen and oxygen atoms in total. The number of ether oxygens (including phenoxy) is 1. The number of carbonyl (C=O) groups is 1. The Labute approximate surface area is 131 Å². The molecule has 0 aliphatic rings. The maximum Gasteiger partial charge on any atom is 0.343 e. The zero-order chi connectivity index (χ0) is 16.1. The highest BCUT2D eigenvalue weighted by Gasteiger charge is 2.15. The molecule has 2 rings (SSSR count). The minimum atomic E-state index is -0.400. The molecule has 0 aliphatic carbocycles. The third-order valence-corrected chi connectivity index (χ3v) is 3.28. The average molecular weight is 295 g/mol. The predicted molar refractivity (Wildman–Crippen MR) is 88.9 cm³/mol. The van der Waals surface area contributed by atoms with E-state index in [1.54, 1.807) is 30.3 Å². The number of carbonyl (C=O) groups excluding carboxylic acids is 1. The SMILES string of the molecule is Cc1ccc(OC(=O)c2ccccc2)c(C(=N)CC(C)C)c1. The van der Waals surface area contributed by atoms with Gasteiger partial charge in [-0.3, -0.25) is 0 Å². The lowest BCUT2D eigenvalue weighted by Crippen LogP contribution is -2.12. The Morgan fingerprint density at radius 3 is 2.45 bits per heavy atom. The molecular weight excluding hydrogens is 274 g/mol. The van der Waals surface area contributed by atoms with Crippen LogP contribution in [0.3, 0.4) is 0 Å². The van der Waals surface area contributed by atoms with Crippen LogP contribution >= 0.6 is 0 Å². The third-order valence-electron chi connectivity index (χ3n) is 3.28. The quantitative estimate of drug-likeness (QED) is 0.497. The number of benzene rings is 2. The molecule has 3 heteroatoms. The summed E-state index contributed by atoms with van der Waals surface area (Å²) in [6.07, 6.45) is 0.652. The molecular formula is C19H21NO2. The van der Waals surface area contributed by atoms with E-state index in [-0.39, 0.29) is 0 Å². The van der Waals surface area contributed by atoms with Crippen molar-refractivity contribution >= 4 is 11.7 Å². The minimum absolute atomic E-state index is 0.380. The van der Waals surface area contributed by atoms with Crippen LogP contribution < -0.4 is 4.74 Å². The van der Waals surface area contributed by atoms with Crippen molar-refractivity contribution < 1.29 is 9.53 Å². The smallest absolute Gasteiger partial charge is 0.343 e. The first-order valence-corrected chi connectivity index (χ1v) is 7.43. The Morgan fingerprint density at radius 2 is 1.82 bits per heavy atom. The van der Waals surface area contributed by atoms with E-state index >= 15 is 0 Å². The topological polar surface area (TPSA) is 50.2 Å². The molecule has 0 fully saturated rings. The Bertz CT molecular complexity index is 675. The summed E-state index contributed by atoms with van der Waals surface area (Å²) in [7, 11) is 0. The van der Waals surface area contributed by atoms with Crippen LogP contribution in [-0.2, 0) is 0 Å². The zero-order valence-electron chi connectivity index (χ0n) is 13.2. The van der Waals surface area contributed by atoms with E-state index in [2.05, 4.69) is 13.8 Å². The van der Waals surface area contributed by atoms with Crippen LogP contribution in [0.5, 0.6) is 5.75 Å². The summed E-state index contributed by atoms with van der Waals surface area (Å²) in [5.41, 5.74) is 2.74. The summed E-state index contributed by atoms with van der Waals surface area (Å²) >= 11 is 0. The average Bonchev–Trinajstić information content (AvgIpc) is 2.49. The molecule has 0 radical (unpaired) electrons. The summed E-state index contributed by atoms with van der Waals surface area (Å²) in [5, 5.41) is 8.26. The van der Waals surface area contributed by atoms with Gasteiger partial charge in [0.1, 0.15) is 5.75 Å². The lowest BCUT2D eigenvalue weighted by molar-refractivity contribution is 0.0734. The number of rotatable bonds is 5. The van der Waals surface area contributed by atoms with Crippen molar-refractivity contribution in [1.29, 1.82) is 5.41 Å². The maximum atomic E-state index is 12.2. The highest BCUT2D eigenvalue weighted by atomic mass is 16.5. The summed E-state index contributed by atoms with van der Waals surface area (Å²) in [6.45, 7) is 6.11. The van der Waals surface area contributed by atoms with Crippen molar-refractivity contribution in [2.45, 2.75) is 27.2 Å². The van der Waals surface area contributed by atoms with E-state index in [1.807, 2.05) is 25.1 Å². The van der Waals surface area contributed by atoms with E-state index in [4.69, 9.17) is 10.1 Å². The third kappa shape index (κ3) is 4.04. The number of hydrogen-bond acceptors (Lipinski definition) is 3. The first kappa shape index (κ1) is 16.0. The molecule has 22 heavy (non-hydrogen) atoms. The Balaban J connectivity index is 2.27. The van der Waals surface area contributed by atoms with Crippen LogP contribution in [0, 0.1) is 18.3 Å². The van der Waals surface area contributed by atoms with E-state index in [0.717, 1.165) is 5.56 Å². The summed E-state index contributed by atoms with van der Waals surface area (Å²) in [6, 6.07) is 14.4. The Hall–Kier alpha value is -2.42. The minimum Gasteiger partial charge on any atom is -0.422 e. The second-order valence-corrected chi connectivity index (χ2v) is 5.83. The van der Waals surface area contributed by atoms with Gasteiger partial charge in [0.05, 0.1) is 5.56 Å². The number of hydrogen-bond donors (Lipinski definition) is 1. The second kappa shape index (κ2) is 7.03. The van der Waals surface area contributed by atoms with Gasteiger partial charge in [-0.05, 0) is 43.5 Å². The van der Waals surface area contributed by atoms with Crippen molar-refractivity contribution in [2.75, 3.05) is 0 Å². The van der Waals surface area contributed by atoms with Crippen molar-refractivity contribution in [3.8, 4) is 5.75 Å². The van der Waals surface area contributed by atoms with Crippen molar-refractivity contribution in [1.82, 2.24) is 0 Å². The van der Waals surface area contributed by atoms with E-state index in [1.165, 1.54) is 0 Å². The molecule has 0 aliphatic heterocycles. The summed E-state index contributed by atoms with van der Waals surface area (Å²) in [5.74, 6) is 0.429. The first-order valence-electron chi connectivity index (χ1n) is 7.43. The van der Waals surface area contributed by atoms with Gasteiger partial charge in [-0.25, -0.2) is 4.79 Å². The molecule has 0 unspecified atom stereocenters. The van der Waals surface area contributed by atoms with Gasteiger partial charge < -0.3 is 10.1 Å². The first-order chi connectivity index (χ1) is 10.5. The van der Waals surface area contributed by atoms with Crippen LogP contribution in [0.1, 0.15) is 41.8 Å². The predicted octanol–water partition coefficient (Wildman–Crippen LogP) is 4.63. The summed E-state index contributed by atoms with van der Waals surface area (Å²) < 4.78 is 5.51. The van der Waals surface area contributed by atoms with Crippen LogP contribution in [0.4, 0.5) is 0 Å². The van der Waals surface area contributed by atoms with Gasteiger partial charge in [0.25, 0.3) is 0 Å². The van der Waals surface area contributed by atoms with Gasteiger partial charge in [-0.2, -0.15) is 0 Å². The standard InChI is InChI=1S/C19H21NO2/c1-13(2)11-17(20)16-12-14(3)9-10-18(16)22-19(21)15-7-5-4-6-8-15/h4-10,12-13,20H,11H2,1-3H3. The van der Waals surface area contributed by atoms with Crippen LogP contribution in [-0.4, -0.2) is 11.7 Å². The molecule has 0 saturated heterocycles. The van der Waals surface area contributed by atoms with Gasteiger partial charge >= 0.3 is 5.97 Å². The van der Waals surface area contributed by atoms with E-state index < -0.39 is 5.97 Å². The highest BCUT2D eigenvalue weighted by molar-refractivity contribution is 6.02. The molecule has 0 bridgehead atoms. The van der Waals surface area contributed by atoms with Gasteiger partial charge in [0.15, 0.2) is 0 Å². The number of aryl methyl sites for hydroxylation is 1. The van der Waals surface area contributed by atoms with Gasteiger partial charge in [-0.1, -0.05) is 43.7 Å². The normalized spacial score (nSPS) is 10.5. The molecule has 2 aromatic carbocycles. The van der Waals surface area contributed by atoms with Crippen LogP contribution in [0.15, 0.2) is 48.5 Å². The van der Waals surface area contributed by atoms with Gasteiger partial charge in [0.2, 0.25) is 0 Å². The zero-order valence-corrected chi connectivity index (χ0v) is 13.2. The molecule has 114 valence electrons. The molecule has 0 saturated carbocycles. The second-order valence-electron chi connectivity index (χ2n) is 5.83. The molecule has 0 heterocycles. The fourth-order valence-corrected chi connectivity index (χ4v) is 2.22. The fraction of sp³-hybridized carbons (Fsp3) is 0.263. The molecule has 0 amide bonds.